The van der Waals surface area contributed by atoms with Gasteiger partial charge in [-0.05, 0) is 65.9 Å². The summed E-state index contributed by atoms with van der Waals surface area (Å²) in [4.78, 5) is 12.3. The largest absolute Gasteiger partial charge is 0.497 e. The lowest BCUT2D eigenvalue weighted by Crippen LogP contribution is -2.19. The molecule has 4 heteroatoms. The van der Waals surface area contributed by atoms with Crippen LogP contribution in [0.3, 0.4) is 0 Å². The Labute approximate surface area is 152 Å². The number of hydrazone groups is 1. The van der Waals surface area contributed by atoms with Gasteiger partial charge in [0.25, 0.3) is 5.91 Å². The van der Waals surface area contributed by atoms with E-state index >= 15 is 0 Å². The predicted octanol–water partition coefficient (Wildman–Crippen LogP) is 4.10. The van der Waals surface area contributed by atoms with Gasteiger partial charge in [-0.1, -0.05) is 30.3 Å². The first-order chi connectivity index (χ1) is 12.7. The molecule has 3 aromatic rings. The maximum Gasteiger partial charge on any atom is 0.271 e. The van der Waals surface area contributed by atoms with Crippen LogP contribution in [-0.2, 0) is 12.8 Å². The molecule has 3 aromatic carbocycles. The SMILES string of the molecule is COc1ccc(C(=O)N/N=C(\C)c2ccc3c4c(cccc24)CC3)cc1. The summed E-state index contributed by atoms with van der Waals surface area (Å²) >= 11 is 0. The van der Waals surface area contributed by atoms with E-state index in [4.69, 9.17) is 4.74 Å². The van der Waals surface area contributed by atoms with Gasteiger partial charge in [-0.3, -0.25) is 4.79 Å². The Morgan fingerprint density at radius 2 is 1.73 bits per heavy atom. The quantitative estimate of drug-likeness (QED) is 0.572. The Morgan fingerprint density at radius 3 is 2.46 bits per heavy atom. The fraction of sp³-hybridized carbons (Fsp3) is 0.182. The van der Waals surface area contributed by atoms with Gasteiger partial charge < -0.3 is 4.74 Å². The molecule has 0 spiro atoms. The van der Waals surface area contributed by atoms with E-state index < -0.39 is 0 Å². The number of rotatable bonds is 4. The Morgan fingerprint density at radius 1 is 1.00 bits per heavy atom. The lowest BCUT2D eigenvalue weighted by Gasteiger charge is -2.09. The second-order valence-corrected chi connectivity index (χ2v) is 6.48. The van der Waals surface area contributed by atoms with E-state index in [1.165, 1.54) is 21.9 Å². The number of ether oxygens (including phenoxy) is 1. The number of carbonyl (C=O) groups excluding carboxylic acids is 1. The van der Waals surface area contributed by atoms with Crippen molar-refractivity contribution in [3.8, 4) is 5.75 Å². The van der Waals surface area contributed by atoms with E-state index in [2.05, 4.69) is 40.9 Å². The standard InChI is InChI=1S/C22H20N2O2/c1-14(23-24-22(25)17-8-11-18(26-2)12-9-17)19-13-10-16-7-6-15-4-3-5-20(19)21(15)16/h3-5,8-13H,6-7H2,1-2H3,(H,24,25)/b23-14+. The first-order valence-corrected chi connectivity index (χ1v) is 8.70. The zero-order valence-electron chi connectivity index (χ0n) is 14.9. The van der Waals surface area contributed by atoms with Crippen LogP contribution in [0.5, 0.6) is 5.75 Å². The van der Waals surface area contributed by atoms with Crippen LogP contribution in [0.1, 0.15) is 34.0 Å². The van der Waals surface area contributed by atoms with Crippen LogP contribution in [0.2, 0.25) is 0 Å². The molecule has 1 amide bonds. The van der Waals surface area contributed by atoms with Crippen molar-refractivity contribution in [3.05, 3.63) is 76.9 Å². The van der Waals surface area contributed by atoms with Crippen molar-refractivity contribution >= 4 is 22.4 Å². The Bertz CT molecular complexity index is 1010. The van der Waals surface area contributed by atoms with Crippen molar-refractivity contribution in [2.45, 2.75) is 19.8 Å². The van der Waals surface area contributed by atoms with Gasteiger partial charge in [0, 0.05) is 11.1 Å². The number of methoxy groups -OCH3 is 1. The monoisotopic (exact) mass is 344 g/mol. The molecule has 4 nitrogen and oxygen atoms in total. The summed E-state index contributed by atoms with van der Waals surface area (Å²) in [5, 5.41) is 6.88. The average molecular weight is 344 g/mol. The fourth-order valence-corrected chi connectivity index (χ4v) is 3.56. The topological polar surface area (TPSA) is 50.7 Å². The first-order valence-electron chi connectivity index (χ1n) is 8.70. The van der Waals surface area contributed by atoms with Gasteiger partial charge in [0.1, 0.15) is 5.75 Å². The minimum Gasteiger partial charge on any atom is -0.497 e. The van der Waals surface area contributed by atoms with Gasteiger partial charge in [-0.15, -0.1) is 0 Å². The number of hydrogen-bond acceptors (Lipinski definition) is 3. The fourth-order valence-electron chi connectivity index (χ4n) is 3.56. The summed E-state index contributed by atoms with van der Waals surface area (Å²) in [5.41, 5.74) is 7.84. The Kier molecular flexibility index (Phi) is 4.17. The number of benzene rings is 3. The van der Waals surface area contributed by atoms with Gasteiger partial charge in [0.2, 0.25) is 0 Å². The van der Waals surface area contributed by atoms with E-state index in [1.54, 1.807) is 31.4 Å². The molecular weight excluding hydrogens is 324 g/mol. The van der Waals surface area contributed by atoms with Crippen LogP contribution in [0.4, 0.5) is 0 Å². The summed E-state index contributed by atoms with van der Waals surface area (Å²) in [5.74, 6) is 0.479. The highest BCUT2D eigenvalue weighted by atomic mass is 16.5. The van der Waals surface area contributed by atoms with E-state index in [9.17, 15) is 4.79 Å². The second-order valence-electron chi connectivity index (χ2n) is 6.48. The highest BCUT2D eigenvalue weighted by Crippen LogP contribution is 2.32. The molecule has 0 saturated carbocycles. The molecule has 0 heterocycles. The van der Waals surface area contributed by atoms with Crippen molar-refractivity contribution in [3.63, 3.8) is 0 Å². The maximum absolute atomic E-state index is 12.3. The van der Waals surface area contributed by atoms with Gasteiger partial charge in [0.15, 0.2) is 0 Å². The highest BCUT2D eigenvalue weighted by Gasteiger charge is 2.16. The smallest absolute Gasteiger partial charge is 0.271 e. The van der Waals surface area contributed by atoms with Gasteiger partial charge in [0.05, 0.1) is 12.8 Å². The molecule has 0 saturated heterocycles. The van der Waals surface area contributed by atoms with Crippen molar-refractivity contribution < 1.29 is 9.53 Å². The number of aryl methyl sites for hydroxylation is 2. The molecular formula is C22H20N2O2. The van der Waals surface area contributed by atoms with Crippen molar-refractivity contribution in [1.29, 1.82) is 0 Å². The molecule has 0 bridgehead atoms. The third-order valence-corrected chi connectivity index (χ3v) is 4.94. The summed E-state index contributed by atoms with van der Waals surface area (Å²) in [6.45, 7) is 1.92. The van der Waals surface area contributed by atoms with Crippen molar-refractivity contribution in [2.75, 3.05) is 7.11 Å². The summed E-state index contributed by atoms with van der Waals surface area (Å²) in [7, 11) is 1.60. The summed E-state index contributed by atoms with van der Waals surface area (Å²) in [6, 6.07) is 17.7. The number of nitrogens with one attached hydrogen (secondary N) is 1. The molecule has 0 atom stereocenters. The number of amides is 1. The number of nitrogens with zero attached hydrogens (tertiary/aromatic N) is 1. The molecule has 0 unspecified atom stereocenters. The molecule has 1 aliphatic carbocycles. The maximum atomic E-state index is 12.3. The normalized spacial score (nSPS) is 13.1. The molecule has 0 aromatic heterocycles. The zero-order valence-corrected chi connectivity index (χ0v) is 14.9. The van der Waals surface area contributed by atoms with Crippen molar-refractivity contribution in [2.24, 2.45) is 5.10 Å². The van der Waals surface area contributed by atoms with Crippen LogP contribution in [0, 0.1) is 0 Å². The minimum atomic E-state index is -0.238. The van der Waals surface area contributed by atoms with E-state index in [0.29, 0.717) is 11.3 Å². The third-order valence-electron chi connectivity index (χ3n) is 4.94. The minimum absolute atomic E-state index is 0.238. The lowest BCUT2D eigenvalue weighted by atomic mass is 9.98. The lowest BCUT2D eigenvalue weighted by molar-refractivity contribution is 0.0955. The molecule has 4 rings (SSSR count). The molecule has 0 fully saturated rings. The van der Waals surface area contributed by atoms with Crippen LogP contribution in [0.15, 0.2) is 59.7 Å². The molecule has 1 aliphatic rings. The van der Waals surface area contributed by atoms with E-state index in [-0.39, 0.29) is 5.91 Å². The van der Waals surface area contributed by atoms with E-state index in [0.717, 1.165) is 24.1 Å². The second kappa shape index (κ2) is 6.64. The Balaban J connectivity index is 1.60. The molecule has 130 valence electrons. The highest BCUT2D eigenvalue weighted by molar-refractivity contribution is 6.11. The predicted molar refractivity (Wildman–Crippen MR) is 104 cm³/mol. The zero-order chi connectivity index (χ0) is 18.1. The summed E-state index contributed by atoms with van der Waals surface area (Å²) in [6.07, 6.45) is 2.20. The van der Waals surface area contributed by atoms with Crippen LogP contribution < -0.4 is 10.2 Å². The molecule has 0 radical (unpaired) electrons. The average Bonchev–Trinajstić information content (AvgIpc) is 3.11. The van der Waals surface area contributed by atoms with Crippen molar-refractivity contribution in [1.82, 2.24) is 5.43 Å². The first kappa shape index (κ1) is 16.3. The van der Waals surface area contributed by atoms with Gasteiger partial charge >= 0.3 is 0 Å². The summed E-state index contributed by atoms with van der Waals surface area (Å²) < 4.78 is 5.11. The van der Waals surface area contributed by atoms with Crippen LogP contribution in [0.25, 0.3) is 10.8 Å². The molecule has 1 N–H and O–H groups in total. The molecule has 0 aliphatic heterocycles. The van der Waals surface area contributed by atoms with Crippen LogP contribution >= 0.6 is 0 Å². The van der Waals surface area contributed by atoms with E-state index in [1.807, 2.05) is 6.92 Å². The number of hydrogen-bond donors (Lipinski definition) is 1. The van der Waals surface area contributed by atoms with Gasteiger partial charge in [-0.25, -0.2) is 5.43 Å². The molecule has 26 heavy (non-hydrogen) atoms. The van der Waals surface area contributed by atoms with Crippen LogP contribution in [-0.4, -0.2) is 18.7 Å². The Hall–Kier alpha value is -3.14. The number of carbonyl (C=O) groups is 1. The third kappa shape index (κ3) is 2.84. The van der Waals surface area contributed by atoms with Gasteiger partial charge in [-0.2, -0.15) is 5.10 Å².